The standard InChI is InChI=1S/C24H17F2N3O4S/c1-14-6-2-5-9-21(14)34(32,33)29-20-13-18(26)17(25)12-19(20)27-22(29)10-11-28-23(30)15-7-3-4-8-16(15)24(28)31/h2-9,12-13H,10-11H2,1H3. The van der Waals surface area contributed by atoms with Crippen molar-refractivity contribution in [2.45, 2.75) is 18.2 Å². The van der Waals surface area contributed by atoms with E-state index in [0.717, 1.165) is 21.0 Å². The number of hydrogen-bond acceptors (Lipinski definition) is 5. The second-order valence-electron chi connectivity index (χ2n) is 7.88. The smallest absolute Gasteiger partial charge is 0.269 e. The first-order valence-corrected chi connectivity index (χ1v) is 11.8. The Hall–Kier alpha value is -3.92. The van der Waals surface area contributed by atoms with E-state index in [9.17, 15) is 26.8 Å². The summed E-state index contributed by atoms with van der Waals surface area (Å²) >= 11 is 0. The minimum absolute atomic E-state index is 0.0268. The molecule has 4 aromatic rings. The maximum Gasteiger partial charge on any atom is 0.269 e. The van der Waals surface area contributed by atoms with Crippen molar-refractivity contribution in [2.75, 3.05) is 6.54 Å². The molecule has 0 fully saturated rings. The lowest BCUT2D eigenvalue weighted by molar-refractivity contribution is 0.0655. The molecule has 0 atom stereocenters. The number of nitrogens with zero attached hydrogens (tertiary/aromatic N) is 3. The minimum atomic E-state index is -4.26. The highest BCUT2D eigenvalue weighted by atomic mass is 32.2. The van der Waals surface area contributed by atoms with Gasteiger partial charge in [-0.3, -0.25) is 14.5 Å². The molecule has 0 N–H and O–H groups in total. The second-order valence-corrected chi connectivity index (χ2v) is 9.63. The van der Waals surface area contributed by atoms with Gasteiger partial charge in [-0.15, -0.1) is 0 Å². The molecule has 10 heteroatoms. The van der Waals surface area contributed by atoms with Crippen LogP contribution in [0, 0.1) is 18.6 Å². The van der Waals surface area contributed by atoms with Gasteiger partial charge in [0, 0.05) is 25.1 Å². The molecule has 172 valence electrons. The average Bonchev–Trinajstić information content (AvgIpc) is 3.28. The van der Waals surface area contributed by atoms with Crippen molar-refractivity contribution in [1.82, 2.24) is 13.9 Å². The fourth-order valence-corrected chi connectivity index (χ4v) is 5.86. The Morgan fingerprint density at radius 1 is 0.882 bits per heavy atom. The molecule has 0 saturated carbocycles. The zero-order valence-electron chi connectivity index (χ0n) is 17.8. The summed E-state index contributed by atoms with van der Waals surface area (Å²) in [6.45, 7) is 1.45. The second kappa shape index (κ2) is 7.84. The van der Waals surface area contributed by atoms with Crippen LogP contribution in [-0.2, 0) is 16.4 Å². The van der Waals surface area contributed by atoms with E-state index in [1.165, 1.54) is 6.07 Å². The molecule has 0 spiro atoms. The molecule has 3 aromatic carbocycles. The van der Waals surface area contributed by atoms with Crippen molar-refractivity contribution in [3.8, 4) is 0 Å². The van der Waals surface area contributed by atoms with Crippen LogP contribution in [0.3, 0.4) is 0 Å². The van der Waals surface area contributed by atoms with Crippen molar-refractivity contribution >= 4 is 32.9 Å². The van der Waals surface area contributed by atoms with Gasteiger partial charge in [0.05, 0.1) is 27.1 Å². The zero-order chi connectivity index (χ0) is 24.2. The Morgan fingerprint density at radius 2 is 1.47 bits per heavy atom. The van der Waals surface area contributed by atoms with Crippen molar-refractivity contribution < 1.29 is 26.8 Å². The summed E-state index contributed by atoms with van der Waals surface area (Å²) in [5.74, 6) is -3.44. The highest BCUT2D eigenvalue weighted by Gasteiger charge is 2.35. The van der Waals surface area contributed by atoms with Gasteiger partial charge in [-0.1, -0.05) is 30.3 Å². The molecule has 0 bridgehead atoms. The molecule has 2 amide bonds. The van der Waals surface area contributed by atoms with Crippen LogP contribution in [0.1, 0.15) is 32.1 Å². The summed E-state index contributed by atoms with van der Waals surface area (Å²) in [6, 6.07) is 14.2. The monoisotopic (exact) mass is 481 g/mol. The normalized spacial score (nSPS) is 13.7. The highest BCUT2D eigenvalue weighted by Crippen LogP contribution is 2.28. The molecule has 1 aromatic heterocycles. The van der Waals surface area contributed by atoms with Gasteiger partial charge in [0.25, 0.3) is 21.8 Å². The lowest BCUT2D eigenvalue weighted by Crippen LogP contribution is -2.32. The van der Waals surface area contributed by atoms with Crippen LogP contribution in [-0.4, -0.2) is 40.6 Å². The average molecular weight is 481 g/mol. The van der Waals surface area contributed by atoms with Crippen molar-refractivity contribution in [3.05, 3.63) is 94.8 Å². The number of aromatic nitrogens is 2. The van der Waals surface area contributed by atoms with Crippen LogP contribution in [0.25, 0.3) is 11.0 Å². The molecule has 1 aliphatic heterocycles. The quantitative estimate of drug-likeness (QED) is 0.406. The first-order chi connectivity index (χ1) is 16.2. The number of carbonyl (C=O) groups is 2. The van der Waals surface area contributed by atoms with E-state index in [2.05, 4.69) is 4.98 Å². The van der Waals surface area contributed by atoms with Crippen molar-refractivity contribution in [2.24, 2.45) is 0 Å². The Morgan fingerprint density at radius 3 is 2.12 bits per heavy atom. The number of aryl methyl sites for hydroxylation is 1. The van der Waals surface area contributed by atoms with Crippen LogP contribution in [0.15, 0.2) is 65.6 Å². The first kappa shape index (κ1) is 21.9. The maximum atomic E-state index is 14.1. The summed E-state index contributed by atoms with van der Waals surface area (Å²) in [5.41, 5.74) is 0.779. The molecule has 1 aliphatic rings. The number of rotatable bonds is 5. The van der Waals surface area contributed by atoms with Gasteiger partial charge in [-0.25, -0.2) is 26.2 Å². The van der Waals surface area contributed by atoms with Gasteiger partial charge in [-0.2, -0.15) is 0 Å². The molecular weight excluding hydrogens is 464 g/mol. The van der Waals surface area contributed by atoms with E-state index in [0.29, 0.717) is 5.56 Å². The molecule has 5 rings (SSSR count). The molecule has 34 heavy (non-hydrogen) atoms. The van der Waals surface area contributed by atoms with Crippen LogP contribution in [0.2, 0.25) is 0 Å². The predicted molar refractivity (Wildman–Crippen MR) is 119 cm³/mol. The first-order valence-electron chi connectivity index (χ1n) is 10.3. The van der Waals surface area contributed by atoms with Crippen LogP contribution in [0.5, 0.6) is 0 Å². The number of halogens is 2. The highest BCUT2D eigenvalue weighted by molar-refractivity contribution is 7.90. The number of carbonyl (C=O) groups excluding carboxylic acids is 2. The largest absolute Gasteiger partial charge is 0.274 e. The van der Waals surface area contributed by atoms with Crippen LogP contribution >= 0.6 is 0 Å². The Kier molecular flexibility index (Phi) is 5.05. The zero-order valence-corrected chi connectivity index (χ0v) is 18.6. The molecule has 0 aliphatic carbocycles. The van der Waals surface area contributed by atoms with Crippen LogP contribution in [0.4, 0.5) is 8.78 Å². The Labute approximate surface area is 193 Å². The van der Waals surface area contributed by atoms with Crippen LogP contribution < -0.4 is 0 Å². The summed E-state index contributed by atoms with van der Waals surface area (Å²) < 4.78 is 56.0. The molecule has 7 nitrogen and oxygen atoms in total. The van der Waals surface area contributed by atoms with E-state index >= 15 is 0 Å². The maximum absolute atomic E-state index is 14.1. The topological polar surface area (TPSA) is 89.3 Å². The number of imidazole rings is 1. The van der Waals surface area contributed by atoms with E-state index < -0.39 is 33.5 Å². The predicted octanol–water partition coefficient (Wildman–Crippen LogP) is 3.70. The third-order valence-electron chi connectivity index (χ3n) is 5.77. The van der Waals surface area contributed by atoms with E-state index in [-0.39, 0.29) is 45.8 Å². The molecule has 0 saturated heterocycles. The number of benzene rings is 3. The minimum Gasteiger partial charge on any atom is -0.274 e. The van der Waals surface area contributed by atoms with Gasteiger partial charge in [0.2, 0.25) is 0 Å². The van der Waals surface area contributed by atoms with Crippen molar-refractivity contribution in [3.63, 3.8) is 0 Å². The third kappa shape index (κ3) is 3.29. The third-order valence-corrected chi connectivity index (χ3v) is 7.67. The Bertz CT molecular complexity index is 1580. The summed E-state index contributed by atoms with van der Waals surface area (Å²) in [7, 11) is -4.26. The lowest BCUT2D eigenvalue weighted by Gasteiger charge is -2.15. The fraction of sp³-hybridized carbons (Fsp3) is 0.125. The summed E-state index contributed by atoms with van der Waals surface area (Å²) in [4.78, 5) is 30.6. The van der Waals surface area contributed by atoms with E-state index in [1.54, 1.807) is 49.4 Å². The van der Waals surface area contributed by atoms with Gasteiger partial charge in [0.15, 0.2) is 11.6 Å². The summed E-state index contributed by atoms with van der Waals surface area (Å²) in [5, 5.41) is 0. The number of hydrogen-bond donors (Lipinski definition) is 0. The van der Waals surface area contributed by atoms with Crippen molar-refractivity contribution in [1.29, 1.82) is 0 Å². The van der Waals surface area contributed by atoms with E-state index in [4.69, 9.17) is 0 Å². The molecule has 0 unspecified atom stereocenters. The van der Waals surface area contributed by atoms with E-state index in [1.807, 2.05) is 0 Å². The van der Waals surface area contributed by atoms with Gasteiger partial charge in [0.1, 0.15) is 5.82 Å². The molecular formula is C24H17F2N3O4S. The number of fused-ring (bicyclic) bond motifs is 2. The fourth-order valence-electron chi connectivity index (χ4n) is 4.13. The van der Waals surface area contributed by atoms with Gasteiger partial charge in [-0.05, 0) is 30.7 Å². The number of imide groups is 1. The summed E-state index contributed by atoms with van der Waals surface area (Å²) in [6.07, 6.45) is -0.144. The molecule has 0 radical (unpaired) electrons. The van der Waals surface area contributed by atoms with Gasteiger partial charge < -0.3 is 0 Å². The lowest BCUT2D eigenvalue weighted by atomic mass is 10.1. The number of amides is 2. The Balaban J connectivity index is 1.60. The molecule has 2 heterocycles. The van der Waals surface area contributed by atoms with Gasteiger partial charge >= 0.3 is 0 Å². The SMILES string of the molecule is Cc1ccccc1S(=O)(=O)n1c(CCN2C(=O)c3ccccc3C2=O)nc2cc(F)c(F)cc21.